The molecule has 0 unspecified atom stereocenters. The molecule has 0 N–H and O–H groups in total. The zero-order chi connectivity index (χ0) is 11.1. The lowest BCUT2D eigenvalue weighted by Crippen LogP contribution is -2.35. The Bertz CT molecular complexity index is 284. The summed E-state index contributed by atoms with van der Waals surface area (Å²) in [4.78, 5) is 0. The predicted molar refractivity (Wildman–Crippen MR) is 55.8 cm³/mol. The molecule has 84 valence electrons. The highest BCUT2D eigenvalue weighted by molar-refractivity contribution is 7.25. The summed E-state index contributed by atoms with van der Waals surface area (Å²) in [5.74, 6) is 0. The first-order chi connectivity index (χ1) is 7.26. The van der Waals surface area contributed by atoms with Crippen molar-refractivity contribution < 1.29 is 14.0 Å². The second-order valence-electron chi connectivity index (χ2n) is 2.87. The van der Waals surface area contributed by atoms with Gasteiger partial charge in [0.2, 0.25) is 8.46 Å². The van der Waals surface area contributed by atoms with E-state index in [0.717, 1.165) is 0 Å². The van der Waals surface area contributed by atoms with E-state index < -0.39 is 5.53 Å². The van der Waals surface area contributed by atoms with E-state index in [1.807, 2.05) is 13.8 Å². The molecule has 1 rings (SSSR count). The Balaban J connectivity index is 2.74. The lowest BCUT2D eigenvalue weighted by atomic mass is 10.5. The van der Waals surface area contributed by atoms with Crippen molar-refractivity contribution in [2.75, 3.05) is 13.2 Å². The van der Waals surface area contributed by atoms with Crippen molar-refractivity contribution in [3.05, 3.63) is 18.5 Å². The number of rotatable bonds is 7. The van der Waals surface area contributed by atoms with Gasteiger partial charge in [0, 0.05) is 25.6 Å². The van der Waals surface area contributed by atoms with Crippen LogP contribution < -0.4 is 0 Å². The fourth-order valence-electron chi connectivity index (χ4n) is 1.26. The van der Waals surface area contributed by atoms with Gasteiger partial charge in [-0.1, -0.05) is 0 Å². The summed E-state index contributed by atoms with van der Waals surface area (Å²) in [6.45, 7) is 4.86. The molecular weight excluding hydrogens is 215 g/mol. The van der Waals surface area contributed by atoms with Crippen molar-refractivity contribution >= 4 is 8.46 Å². The average Bonchev–Trinajstić information content (AvgIpc) is 2.71. The first-order valence-electron chi connectivity index (χ1n) is 4.86. The fraction of sp³-hybridized carbons (Fsp3) is 0.667. The first kappa shape index (κ1) is 12.3. The second kappa shape index (κ2) is 5.95. The van der Waals surface area contributed by atoms with Gasteiger partial charge in [0.25, 0.3) is 5.53 Å². The van der Waals surface area contributed by atoms with Gasteiger partial charge in [-0.3, -0.25) is 9.25 Å². The lowest BCUT2D eigenvalue weighted by molar-refractivity contribution is -0.178. The molecule has 0 aromatic carbocycles. The van der Waals surface area contributed by atoms with E-state index in [2.05, 4.69) is 5.10 Å². The summed E-state index contributed by atoms with van der Waals surface area (Å²) in [5, 5.41) is 4.03. The molecule has 5 nitrogen and oxygen atoms in total. The first-order valence-corrected chi connectivity index (χ1v) is 5.67. The van der Waals surface area contributed by atoms with E-state index in [4.69, 9.17) is 9.47 Å². The fourth-order valence-corrected chi connectivity index (χ4v) is 1.83. The zero-order valence-corrected chi connectivity index (χ0v) is 9.81. The highest BCUT2D eigenvalue weighted by atomic mass is 31.1. The van der Waals surface area contributed by atoms with Gasteiger partial charge in [-0.05, 0) is 19.9 Å². The summed E-state index contributed by atoms with van der Waals surface area (Å²) in [6.07, 6.45) is 3.43. The van der Waals surface area contributed by atoms with Gasteiger partial charge in [-0.2, -0.15) is 5.10 Å². The van der Waals surface area contributed by atoms with Gasteiger partial charge in [-0.15, -0.1) is 0 Å². The molecule has 0 fully saturated rings. The number of nitrogens with zero attached hydrogens (tertiary/aromatic N) is 2. The summed E-state index contributed by atoms with van der Waals surface area (Å²) in [6, 6.07) is 1.80. The highest BCUT2D eigenvalue weighted by Gasteiger charge is 2.33. The smallest absolute Gasteiger partial charge is 0.271 e. The van der Waals surface area contributed by atoms with Crippen molar-refractivity contribution in [2.24, 2.45) is 0 Å². The van der Waals surface area contributed by atoms with Crippen LogP contribution >= 0.6 is 8.46 Å². The maximum absolute atomic E-state index is 11.1. The number of ether oxygens (including phenoxy) is 2. The van der Waals surface area contributed by atoms with Crippen LogP contribution in [0.1, 0.15) is 13.8 Å². The van der Waals surface area contributed by atoms with Crippen LogP contribution in [0.5, 0.6) is 0 Å². The Morgan fingerprint density at radius 3 is 2.47 bits per heavy atom. The highest BCUT2D eigenvalue weighted by Crippen LogP contribution is 2.28. The van der Waals surface area contributed by atoms with Gasteiger partial charge in [-0.25, -0.2) is 0 Å². The van der Waals surface area contributed by atoms with Crippen molar-refractivity contribution in [3.63, 3.8) is 0 Å². The molecule has 0 radical (unpaired) electrons. The Morgan fingerprint density at radius 2 is 2.07 bits per heavy atom. The number of hydrogen-bond acceptors (Lipinski definition) is 4. The molecule has 1 aromatic heterocycles. The van der Waals surface area contributed by atoms with Gasteiger partial charge in [0.05, 0.1) is 0 Å². The van der Waals surface area contributed by atoms with Crippen molar-refractivity contribution in [3.8, 4) is 0 Å². The molecule has 0 aliphatic carbocycles. The minimum atomic E-state index is -1.12. The topological polar surface area (TPSA) is 53.4 Å². The maximum atomic E-state index is 11.1. The minimum absolute atomic E-state index is 0.187. The standard InChI is InChI=1S/C9H15N2O3P/c1-3-13-9(15-12,14-4-2)8-11-7-5-6-10-11/h5-7H,3-4,8H2,1-2H3. The molecule has 0 atom stereocenters. The molecule has 0 aliphatic heterocycles. The Morgan fingerprint density at radius 1 is 1.40 bits per heavy atom. The lowest BCUT2D eigenvalue weighted by Gasteiger charge is -2.25. The summed E-state index contributed by atoms with van der Waals surface area (Å²) in [5.41, 5.74) is -1.12. The third kappa shape index (κ3) is 3.38. The van der Waals surface area contributed by atoms with E-state index in [9.17, 15) is 4.57 Å². The zero-order valence-electron chi connectivity index (χ0n) is 8.92. The third-order valence-electron chi connectivity index (χ3n) is 1.80. The predicted octanol–water partition coefficient (Wildman–Crippen LogP) is 1.90. The van der Waals surface area contributed by atoms with E-state index in [1.165, 1.54) is 0 Å². The number of hydrogen-bond donors (Lipinski definition) is 0. The van der Waals surface area contributed by atoms with Crippen LogP contribution in [0, 0.1) is 0 Å². The van der Waals surface area contributed by atoms with Crippen LogP contribution in [0.2, 0.25) is 0 Å². The largest absolute Gasteiger partial charge is 0.339 e. The second-order valence-corrected chi connectivity index (χ2v) is 3.74. The molecule has 0 spiro atoms. The quantitative estimate of drug-likeness (QED) is 0.530. The van der Waals surface area contributed by atoms with Gasteiger partial charge in [0.15, 0.2) is 0 Å². The Hall–Kier alpha value is -0.770. The average molecular weight is 230 g/mol. The molecule has 0 aliphatic rings. The van der Waals surface area contributed by atoms with Gasteiger partial charge >= 0.3 is 0 Å². The molecule has 15 heavy (non-hydrogen) atoms. The third-order valence-corrected chi connectivity index (χ3v) is 2.48. The molecule has 1 heterocycles. The molecular formula is C9H15N2O3P. The van der Waals surface area contributed by atoms with Crippen LogP contribution in [0.25, 0.3) is 0 Å². The Labute approximate surface area is 90.6 Å². The van der Waals surface area contributed by atoms with Crippen LogP contribution in [0.4, 0.5) is 0 Å². The SMILES string of the molecule is CCOC(Cn1cccn1)(OCC)P=O. The monoisotopic (exact) mass is 230 g/mol. The summed E-state index contributed by atoms with van der Waals surface area (Å²) in [7, 11) is -0.187. The van der Waals surface area contributed by atoms with E-state index in [1.54, 1.807) is 23.1 Å². The maximum Gasteiger partial charge on any atom is 0.271 e. The van der Waals surface area contributed by atoms with Crippen molar-refractivity contribution in [1.29, 1.82) is 0 Å². The van der Waals surface area contributed by atoms with Crippen LogP contribution in [0.15, 0.2) is 18.5 Å². The van der Waals surface area contributed by atoms with E-state index in [-0.39, 0.29) is 8.46 Å². The van der Waals surface area contributed by atoms with Gasteiger partial charge in [0.1, 0.15) is 6.54 Å². The van der Waals surface area contributed by atoms with E-state index in [0.29, 0.717) is 19.8 Å². The molecule has 0 amide bonds. The van der Waals surface area contributed by atoms with Crippen molar-refractivity contribution in [2.45, 2.75) is 25.9 Å². The normalized spacial score (nSPS) is 12.1. The van der Waals surface area contributed by atoms with E-state index >= 15 is 0 Å². The van der Waals surface area contributed by atoms with Crippen LogP contribution in [-0.4, -0.2) is 28.5 Å². The Kier molecular flexibility index (Phi) is 4.88. The summed E-state index contributed by atoms with van der Waals surface area (Å²) >= 11 is 0. The van der Waals surface area contributed by atoms with Crippen molar-refractivity contribution in [1.82, 2.24) is 9.78 Å². The molecule has 6 heteroatoms. The van der Waals surface area contributed by atoms with Gasteiger partial charge < -0.3 is 9.47 Å². The number of aromatic nitrogens is 2. The molecule has 1 aromatic rings. The van der Waals surface area contributed by atoms with Crippen LogP contribution in [-0.2, 0) is 20.6 Å². The molecule has 0 bridgehead atoms. The summed E-state index contributed by atoms with van der Waals surface area (Å²) < 4.78 is 23.5. The molecule has 0 saturated heterocycles. The minimum Gasteiger partial charge on any atom is -0.339 e. The van der Waals surface area contributed by atoms with Crippen LogP contribution in [0.3, 0.4) is 0 Å². The molecule has 0 saturated carbocycles.